The van der Waals surface area contributed by atoms with Gasteiger partial charge in [0.25, 0.3) is 0 Å². The summed E-state index contributed by atoms with van der Waals surface area (Å²) in [7, 11) is 0. The van der Waals surface area contributed by atoms with Crippen LogP contribution in [0.3, 0.4) is 0 Å². The maximum atomic E-state index is 12.8. The van der Waals surface area contributed by atoms with Crippen molar-refractivity contribution in [3.8, 4) is 0 Å². The Balaban J connectivity index is 2.67. The topological polar surface area (TPSA) is 32.3 Å². The zero-order valence-electron chi connectivity index (χ0n) is 9.56. The summed E-state index contributed by atoms with van der Waals surface area (Å²) in [6.45, 7) is 4.51. The van der Waals surface area contributed by atoms with Gasteiger partial charge >= 0.3 is 0 Å². The quantitative estimate of drug-likeness (QED) is 0.836. The summed E-state index contributed by atoms with van der Waals surface area (Å²) >= 11 is 5.90. The molecule has 1 unspecified atom stereocenters. The van der Waals surface area contributed by atoms with Gasteiger partial charge in [0.1, 0.15) is 5.82 Å². The number of benzene rings is 1. The summed E-state index contributed by atoms with van der Waals surface area (Å²) in [5.41, 5.74) is 0.508. The second-order valence-electron chi connectivity index (χ2n) is 4.16. The van der Waals surface area contributed by atoms with E-state index in [4.69, 9.17) is 11.6 Å². The van der Waals surface area contributed by atoms with Crippen LogP contribution in [-0.4, -0.2) is 17.3 Å². The molecule has 2 nitrogen and oxygen atoms in total. The van der Waals surface area contributed by atoms with Crippen molar-refractivity contribution in [2.75, 3.05) is 6.61 Å². The molecule has 0 aliphatic heterocycles. The van der Waals surface area contributed by atoms with Gasteiger partial charge in [-0.25, -0.2) is 4.39 Å². The van der Waals surface area contributed by atoms with Gasteiger partial charge in [-0.15, -0.1) is 0 Å². The lowest BCUT2D eigenvalue weighted by molar-refractivity contribution is 0.169. The van der Waals surface area contributed by atoms with Gasteiger partial charge in [-0.2, -0.15) is 0 Å². The van der Waals surface area contributed by atoms with Crippen LogP contribution in [0.5, 0.6) is 0 Å². The Morgan fingerprint density at radius 2 is 2.19 bits per heavy atom. The molecule has 0 fully saturated rings. The Morgan fingerprint density at radius 1 is 1.50 bits per heavy atom. The van der Waals surface area contributed by atoms with E-state index in [2.05, 4.69) is 5.32 Å². The van der Waals surface area contributed by atoms with Crippen LogP contribution < -0.4 is 5.32 Å². The molecule has 1 aromatic rings. The average Bonchev–Trinajstić information content (AvgIpc) is 2.27. The van der Waals surface area contributed by atoms with Gasteiger partial charge in [0.15, 0.2) is 0 Å². The Morgan fingerprint density at radius 3 is 2.69 bits per heavy atom. The van der Waals surface area contributed by atoms with E-state index < -0.39 is 0 Å². The minimum absolute atomic E-state index is 0.0579. The second-order valence-corrected chi connectivity index (χ2v) is 4.57. The van der Waals surface area contributed by atoms with Crippen LogP contribution in [0.15, 0.2) is 18.2 Å². The lowest BCUT2D eigenvalue weighted by Crippen LogP contribution is -2.44. The summed E-state index contributed by atoms with van der Waals surface area (Å²) in [4.78, 5) is 0. The van der Waals surface area contributed by atoms with Crippen molar-refractivity contribution in [3.63, 3.8) is 0 Å². The molecule has 90 valence electrons. The highest BCUT2D eigenvalue weighted by Gasteiger charge is 2.19. The summed E-state index contributed by atoms with van der Waals surface area (Å²) < 4.78 is 12.8. The molecule has 0 spiro atoms. The Labute approximate surface area is 100 Å². The van der Waals surface area contributed by atoms with Crippen molar-refractivity contribution in [2.45, 2.75) is 32.4 Å². The molecule has 0 saturated heterocycles. The molecule has 2 N–H and O–H groups in total. The monoisotopic (exact) mass is 245 g/mol. The normalized spacial score (nSPS) is 14.8. The fourth-order valence-corrected chi connectivity index (χ4v) is 1.50. The molecule has 1 aromatic carbocycles. The van der Waals surface area contributed by atoms with E-state index in [9.17, 15) is 9.50 Å². The van der Waals surface area contributed by atoms with E-state index in [0.29, 0.717) is 11.6 Å². The van der Waals surface area contributed by atoms with E-state index in [-0.39, 0.29) is 18.0 Å². The summed E-state index contributed by atoms with van der Waals surface area (Å²) in [5, 5.41) is 12.8. The average molecular weight is 246 g/mol. The molecule has 0 radical (unpaired) electrons. The minimum atomic E-state index is -0.339. The molecule has 0 aliphatic carbocycles. The molecule has 0 aromatic heterocycles. The molecular weight excluding hydrogens is 229 g/mol. The number of rotatable bonds is 5. The Kier molecular flexibility index (Phi) is 4.71. The zero-order chi connectivity index (χ0) is 12.2. The van der Waals surface area contributed by atoms with Crippen molar-refractivity contribution in [1.82, 2.24) is 5.32 Å². The molecule has 16 heavy (non-hydrogen) atoms. The SMILES string of the molecule is CCC(C)(CO)NCc1ccc(F)cc1Cl. The molecule has 0 amide bonds. The first-order valence-corrected chi connectivity index (χ1v) is 5.68. The third kappa shape index (κ3) is 3.44. The minimum Gasteiger partial charge on any atom is -0.394 e. The second kappa shape index (κ2) is 5.62. The van der Waals surface area contributed by atoms with Crippen LogP contribution in [0.25, 0.3) is 0 Å². The van der Waals surface area contributed by atoms with Crippen LogP contribution in [0.4, 0.5) is 4.39 Å². The fraction of sp³-hybridized carbons (Fsp3) is 0.500. The van der Waals surface area contributed by atoms with Crippen molar-refractivity contribution < 1.29 is 9.50 Å². The Hall–Kier alpha value is -0.640. The number of hydrogen-bond donors (Lipinski definition) is 2. The van der Waals surface area contributed by atoms with Crippen LogP contribution in [0.2, 0.25) is 5.02 Å². The molecular formula is C12H17ClFNO. The predicted molar refractivity (Wildman–Crippen MR) is 64.0 cm³/mol. The zero-order valence-corrected chi connectivity index (χ0v) is 10.3. The van der Waals surface area contributed by atoms with Crippen molar-refractivity contribution in [2.24, 2.45) is 0 Å². The number of aliphatic hydroxyl groups is 1. The molecule has 0 aliphatic rings. The van der Waals surface area contributed by atoms with E-state index in [1.807, 2.05) is 13.8 Å². The van der Waals surface area contributed by atoms with Gasteiger partial charge in [-0.3, -0.25) is 0 Å². The maximum absolute atomic E-state index is 12.8. The predicted octanol–water partition coefficient (Wildman–Crippen LogP) is 2.73. The van der Waals surface area contributed by atoms with E-state index in [0.717, 1.165) is 12.0 Å². The highest BCUT2D eigenvalue weighted by atomic mass is 35.5. The largest absolute Gasteiger partial charge is 0.394 e. The number of nitrogens with one attached hydrogen (secondary N) is 1. The van der Waals surface area contributed by atoms with E-state index in [1.54, 1.807) is 6.07 Å². The molecule has 0 heterocycles. The van der Waals surface area contributed by atoms with Gasteiger partial charge in [0, 0.05) is 17.1 Å². The van der Waals surface area contributed by atoms with E-state index in [1.165, 1.54) is 12.1 Å². The summed E-state index contributed by atoms with van der Waals surface area (Å²) in [6, 6.07) is 4.32. The highest BCUT2D eigenvalue weighted by molar-refractivity contribution is 6.31. The van der Waals surface area contributed by atoms with Crippen LogP contribution in [-0.2, 0) is 6.54 Å². The third-order valence-electron chi connectivity index (χ3n) is 2.85. The molecule has 1 atom stereocenters. The molecule has 0 bridgehead atoms. The van der Waals surface area contributed by atoms with E-state index >= 15 is 0 Å². The van der Waals surface area contributed by atoms with Gasteiger partial charge in [0.05, 0.1) is 6.61 Å². The Bertz CT molecular complexity index is 353. The number of aliphatic hydroxyl groups excluding tert-OH is 1. The lowest BCUT2D eigenvalue weighted by Gasteiger charge is -2.27. The first-order valence-electron chi connectivity index (χ1n) is 5.30. The number of halogens is 2. The van der Waals surface area contributed by atoms with Crippen molar-refractivity contribution in [3.05, 3.63) is 34.6 Å². The van der Waals surface area contributed by atoms with Crippen LogP contribution in [0.1, 0.15) is 25.8 Å². The smallest absolute Gasteiger partial charge is 0.124 e. The maximum Gasteiger partial charge on any atom is 0.124 e. The third-order valence-corrected chi connectivity index (χ3v) is 3.20. The summed E-state index contributed by atoms with van der Waals surface area (Å²) in [6.07, 6.45) is 0.808. The molecule has 0 saturated carbocycles. The van der Waals surface area contributed by atoms with Crippen LogP contribution >= 0.6 is 11.6 Å². The van der Waals surface area contributed by atoms with Gasteiger partial charge < -0.3 is 10.4 Å². The lowest BCUT2D eigenvalue weighted by atomic mass is 10.00. The van der Waals surface area contributed by atoms with Gasteiger partial charge in [-0.1, -0.05) is 24.6 Å². The fourth-order valence-electron chi connectivity index (χ4n) is 1.27. The molecule has 4 heteroatoms. The standard InChI is InChI=1S/C12H17ClFNO/c1-3-12(2,8-16)15-7-9-4-5-10(14)6-11(9)13/h4-6,15-16H,3,7-8H2,1-2H3. The molecule has 1 rings (SSSR count). The van der Waals surface area contributed by atoms with Gasteiger partial charge in [-0.05, 0) is 31.0 Å². The van der Waals surface area contributed by atoms with Crippen LogP contribution in [0, 0.1) is 5.82 Å². The first kappa shape index (κ1) is 13.4. The van der Waals surface area contributed by atoms with Crippen molar-refractivity contribution in [1.29, 1.82) is 0 Å². The van der Waals surface area contributed by atoms with Gasteiger partial charge in [0.2, 0.25) is 0 Å². The number of hydrogen-bond acceptors (Lipinski definition) is 2. The summed E-state index contributed by atoms with van der Waals surface area (Å²) in [5.74, 6) is -0.339. The first-order chi connectivity index (χ1) is 7.50. The van der Waals surface area contributed by atoms with Crippen molar-refractivity contribution >= 4 is 11.6 Å². The highest BCUT2D eigenvalue weighted by Crippen LogP contribution is 2.18.